The van der Waals surface area contributed by atoms with Gasteiger partial charge in [-0.15, -0.1) is 0 Å². The second-order valence-corrected chi connectivity index (χ2v) is 4.15. The van der Waals surface area contributed by atoms with E-state index in [9.17, 15) is 4.79 Å². The molecule has 0 spiro atoms. The Morgan fingerprint density at radius 2 is 1.85 bits per heavy atom. The average Bonchev–Trinajstić information content (AvgIpc) is 2.46. The van der Waals surface area contributed by atoms with Crippen molar-refractivity contribution in [2.45, 2.75) is 0 Å². The number of hydrogen-bond acceptors (Lipinski definition) is 4. The van der Waals surface area contributed by atoms with E-state index in [1.807, 2.05) is 18.2 Å². The Bertz CT molecular complexity index is 574. The topological polar surface area (TPSA) is 78.8 Å². The van der Waals surface area contributed by atoms with Crippen molar-refractivity contribution in [3.8, 4) is 5.75 Å². The van der Waals surface area contributed by atoms with Gasteiger partial charge in [0.25, 0.3) is 5.91 Å². The van der Waals surface area contributed by atoms with E-state index in [2.05, 4.69) is 5.32 Å². The first-order valence-corrected chi connectivity index (χ1v) is 6.09. The van der Waals surface area contributed by atoms with E-state index in [1.54, 1.807) is 30.3 Å². The lowest BCUT2D eigenvalue weighted by Crippen LogP contribution is -2.30. The highest BCUT2D eigenvalue weighted by Crippen LogP contribution is 2.09. The summed E-state index contributed by atoms with van der Waals surface area (Å²) >= 11 is 0. The lowest BCUT2D eigenvalue weighted by Gasteiger charge is -2.08. The third kappa shape index (κ3) is 4.12. The molecule has 2 aromatic carbocycles. The van der Waals surface area contributed by atoms with Gasteiger partial charge in [0.15, 0.2) is 6.61 Å². The number of amides is 1. The van der Waals surface area contributed by atoms with E-state index in [0.717, 1.165) is 0 Å². The molecule has 0 bridgehead atoms. The van der Waals surface area contributed by atoms with Gasteiger partial charge in [-0.25, -0.2) is 0 Å². The minimum Gasteiger partial charge on any atom is -0.484 e. The number of rotatable bonds is 5. The Kier molecular flexibility index (Phi) is 4.76. The lowest BCUT2D eigenvalue weighted by atomic mass is 9.80. The maximum absolute atomic E-state index is 11.7. The number of para-hydroxylation sites is 1. The minimum atomic E-state index is -1.56. The van der Waals surface area contributed by atoms with Crippen LogP contribution in [0.15, 0.2) is 54.6 Å². The molecule has 0 fully saturated rings. The van der Waals surface area contributed by atoms with Crippen molar-refractivity contribution in [2.75, 3.05) is 11.9 Å². The summed E-state index contributed by atoms with van der Waals surface area (Å²) in [5.41, 5.74) is 0.795. The van der Waals surface area contributed by atoms with Crippen LogP contribution in [-0.2, 0) is 4.79 Å². The molecule has 0 radical (unpaired) electrons. The SMILES string of the molecule is O=C(COc1ccccc1)Nc1cccc(B(O)O)c1. The fourth-order valence-corrected chi connectivity index (χ4v) is 1.64. The second-order valence-electron chi connectivity index (χ2n) is 4.15. The van der Waals surface area contributed by atoms with Crippen molar-refractivity contribution in [3.05, 3.63) is 54.6 Å². The van der Waals surface area contributed by atoms with Crippen molar-refractivity contribution in [1.82, 2.24) is 0 Å². The van der Waals surface area contributed by atoms with Gasteiger partial charge in [-0.05, 0) is 29.7 Å². The van der Waals surface area contributed by atoms with Gasteiger partial charge in [0.05, 0.1) is 0 Å². The molecule has 6 heteroatoms. The number of hydrogen-bond donors (Lipinski definition) is 3. The van der Waals surface area contributed by atoms with Gasteiger partial charge in [-0.3, -0.25) is 4.79 Å². The zero-order chi connectivity index (χ0) is 14.4. The minimum absolute atomic E-state index is 0.115. The van der Waals surface area contributed by atoms with E-state index in [1.165, 1.54) is 6.07 Å². The standard InChI is InChI=1S/C14H14BNO4/c17-14(10-20-13-7-2-1-3-8-13)16-12-6-4-5-11(9-12)15(18)19/h1-9,18-19H,10H2,(H,16,17). The van der Waals surface area contributed by atoms with E-state index >= 15 is 0 Å². The fourth-order valence-electron chi connectivity index (χ4n) is 1.64. The zero-order valence-corrected chi connectivity index (χ0v) is 10.7. The van der Waals surface area contributed by atoms with E-state index in [-0.39, 0.29) is 12.5 Å². The van der Waals surface area contributed by atoms with Gasteiger partial charge in [0, 0.05) is 5.69 Å². The molecule has 5 nitrogen and oxygen atoms in total. The quantitative estimate of drug-likeness (QED) is 0.687. The molecule has 0 saturated heterocycles. The van der Waals surface area contributed by atoms with Crippen LogP contribution in [0.3, 0.4) is 0 Å². The number of ether oxygens (including phenoxy) is 1. The molecule has 0 saturated carbocycles. The summed E-state index contributed by atoms with van der Waals surface area (Å²) in [5.74, 6) is 0.292. The molecule has 3 N–H and O–H groups in total. The third-order valence-corrected chi connectivity index (χ3v) is 2.58. The van der Waals surface area contributed by atoms with Crippen molar-refractivity contribution >= 4 is 24.2 Å². The molecular formula is C14H14BNO4. The van der Waals surface area contributed by atoms with Crippen LogP contribution in [0.2, 0.25) is 0 Å². The molecular weight excluding hydrogens is 257 g/mol. The molecule has 1 amide bonds. The van der Waals surface area contributed by atoms with E-state index in [0.29, 0.717) is 16.9 Å². The average molecular weight is 271 g/mol. The Morgan fingerprint density at radius 1 is 1.10 bits per heavy atom. The Labute approximate surface area is 117 Å². The molecule has 2 aromatic rings. The molecule has 0 heterocycles. The summed E-state index contributed by atoms with van der Waals surface area (Å²) in [5, 5.41) is 20.7. The summed E-state index contributed by atoms with van der Waals surface area (Å²) < 4.78 is 5.31. The van der Waals surface area contributed by atoms with Gasteiger partial charge >= 0.3 is 7.12 Å². The van der Waals surface area contributed by atoms with Gasteiger partial charge in [0.2, 0.25) is 0 Å². The van der Waals surface area contributed by atoms with Crippen LogP contribution in [0.5, 0.6) is 5.75 Å². The first-order valence-electron chi connectivity index (χ1n) is 6.09. The summed E-state index contributed by atoms with van der Waals surface area (Å²) in [6, 6.07) is 15.4. The summed E-state index contributed by atoms with van der Waals surface area (Å²) in [6.45, 7) is -0.115. The number of anilines is 1. The van der Waals surface area contributed by atoms with E-state index < -0.39 is 7.12 Å². The number of benzene rings is 2. The summed E-state index contributed by atoms with van der Waals surface area (Å²) in [7, 11) is -1.56. The van der Waals surface area contributed by atoms with Crippen LogP contribution >= 0.6 is 0 Å². The van der Waals surface area contributed by atoms with Crippen LogP contribution in [-0.4, -0.2) is 29.7 Å². The molecule has 0 aliphatic heterocycles. The number of nitrogens with one attached hydrogen (secondary N) is 1. The van der Waals surface area contributed by atoms with E-state index in [4.69, 9.17) is 14.8 Å². The normalized spacial score (nSPS) is 9.90. The maximum Gasteiger partial charge on any atom is 0.488 e. The second kappa shape index (κ2) is 6.74. The highest BCUT2D eigenvalue weighted by atomic mass is 16.5. The van der Waals surface area contributed by atoms with Crippen molar-refractivity contribution < 1.29 is 19.6 Å². The summed E-state index contributed by atoms with van der Waals surface area (Å²) in [6.07, 6.45) is 0. The van der Waals surface area contributed by atoms with Crippen LogP contribution < -0.4 is 15.5 Å². The molecule has 0 atom stereocenters. The highest BCUT2D eigenvalue weighted by molar-refractivity contribution is 6.58. The molecule has 0 aromatic heterocycles. The zero-order valence-electron chi connectivity index (χ0n) is 10.7. The first kappa shape index (κ1) is 14.1. The van der Waals surface area contributed by atoms with Gasteiger partial charge in [0.1, 0.15) is 5.75 Å². The predicted octanol–water partition coefficient (Wildman–Crippen LogP) is 0.384. The Balaban J connectivity index is 1.90. The molecule has 0 unspecified atom stereocenters. The highest BCUT2D eigenvalue weighted by Gasteiger charge is 2.11. The molecule has 2 rings (SSSR count). The third-order valence-electron chi connectivity index (χ3n) is 2.58. The van der Waals surface area contributed by atoms with Crippen LogP contribution in [0.25, 0.3) is 0 Å². The Morgan fingerprint density at radius 3 is 2.55 bits per heavy atom. The molecule has 102 valence electrons. The predicted molar refractivity (Wildman–Crippen MR) is 76.8 cm³/mol. The Hall–Kier alpha value is -2.31. The lowest BCUT2D eigenvalue weighted by molar-refractivity contribution is -0.118. The smallest absolute Gasteiger partial charge is 0.484 e. The monoisotopic (exact) mass is 271 g/mol. The summed E-state index contributed by atoms with van der Waals surface area (Å²) in [4.78, 5) is 11.7. The van der Waals surface area contributed by atoms with Crippen molar-refractivity contribution in [1.29, 1.82) is 0 Å². The van der Waals surface area contributed by atoms with Gasteiger partial charge in [-0.1, -0.05) is 30.3 Å². The fraction of sp³-hybridized carbons (Fsp3) is 0.0714. The van der Waals surface area contributed by atoms with Crippen molar-refractivity contribution in [2.24, 2.45) is 0 Å². The first-order chi connectivity index (χ1) is 9.65. The van der Waals surface area contributed by atoms with Gasteiger partial charge in [-0.2, -0.15) is 0 Å². The van der Waals surface area contributed by atoms with Crippen LogP contribution in [0.1, 0.15) is 0 Å². The van der Waals surface area contributed by atoms with Crippen LogP contribution in [0, 0.1) is 0 Å². The molecule has 20 heavy (non-hydrogen) atoms. The van der Waals surface area contributed by atoms with Gasteiger partial charge < -0.3 is 20.1 Å². The number of carbonyl (C=O) groups excluding carboxylic acids is 1. The largest absolute Gasteiger partial charge is 0.488 e. The maximum atomic E-state index is 11.7. The molecule has 0 aliphatic carbocycles. The van der Waals surface area contributed by atoms with Crippen molar-refractivity contribution in [3.63, 3.8) is 0 Å². The molecule has 0 aliphatic rings. The number of carbonyl (C=O) groups is 1. The van der Waals surface area contributed by atoms with Crippen LogP contribution in [0.4, 0.5) is 5.69 Å².